The average molecular weight is 255 g/mol. The molecule has 2 rings (SSSR count). The van der Waals surface area contributed by atoms with E-state index < -0.39 is 5.97 Å². The van der Waals surface area contributed by atoms with E-state index in [9.17, 15) is 4.79 Å². The van der Waals surface area contributed by atoms with Gasteiger partial charge in [0.15, 0.2) is 4.34 Å². The summed E-state index contributed by atoms with van der Waals surface area (Å²) in [6.07, 6.45) is 1.40. The maximum atomic E-state index is 10.8. The molecule has 0 saturated carbocycles. The Balaban J connectivity index is 2.04. The van der Waals surface area contributed by atoms with E-state index in [0.717, 1.165) is 10.0 Å². The minimum absolute atomic E-state index is 0.223. The summed E-state index contributed by atoms with van der Waals surface area (Å²) >= 11 is 3.03. The molecule has 0 aliphatic rings. The van der Waals surface area contributed by atoms with Crippen molar-refractivity contribution in [3.63, 3.8) is 0 Å². The van der Waals surface area contributed by atoms with Gasteiger partial charge in [0.25, 0.3) is 0 Å². The summed E-state index contributed by atoms with van der Waals surface area (Å²) in [7, 11) is 0. The Bertz CT molecular complexity index is 504. The average Bonchev–Trinajstić information content (AvgIpc) is 2.83. The van der Waals surface area contributed by atoms with Crippen LogP contribution in [0.1, 0.15) is 21.8 Å². The van der Waals surface area contributed by atoms with Crippen molar-refractivity contribution in [3.05, 3.63) is 34.7 Å². The second-order valence-corrected chi connectivity index (χ2v) is 5.19. The van der Waals surface area contributed by atoms with Gasteiger partial charge in [-0.15, -0.1) is 11.3 Å². The van der Waals surface area contributed by atoms with E-state index in [4.69, 9.17) is 9.52 Å². The number of hydrogen-bond donors (Lipinski definition) is 1. The van der Waals surface area contributed by atoms with E-state index in [1.165, 1.54) is 24.1 Å². The van der Waals surface area contributed by atoms with Crippen LogP contribution in [-0.2, 0) is 5.75 Å². The lowest BCUT2D eigenvalue weighted by Gasteiger charge is -1.96. The van der Waals surface area contributed by atoms with E-state index >= 15 is 0 Å². The number of furan rings is 1. The molecule has 16 heavy (non-hydrogen) atoms. The van der Waals surface area contributed by atoms with Crippen molar-refractivity contribution in [1.82, 2.24) is 4.98 Å². The van der Waals surface area contributed by atoms with Crippen LogP contribution in [0.4, 0.5) is 0 Å². The Morgan fingerprint density at radius 1 is 1.69 bits per heavy atom. The van der Waals surface area contributed by atoms with Crippen molar-refractivity contribution in [2.24, 2.45) is 0 Å². The van der Waals surface area contributed by atoms with Crippen molar-refractivity contribution in [2.45, 2.75) is 17.0 Å². The minimum atomic E-state index is -0.959. The first-order valence-corrected chi connectivity index (χ1v) is 6.38. The number of aromatic carboxylic acids is 1. The maximum Gasteiger partial charge on any atom is 0.339 e. The van der Waals surface area contributed by atoms with Gasteiger partial charge in [-0.3, -0.25) is 0 Å². The molecule has 0 spiro atoms. The maximum absolute atomic E-state index is 10.8. The molecule has 4 nitrogen and oxygen atoms in total. The van der Waals surface area contributed by atoms with Gasteiger partial charge < -0.3 is 9.52 Å². The van der Waals surface area contributed by atoms with Crippen molar-refractivity contribution in [2.75, 3.05) is 0 Å². The third kappa shape index (κ3) is 2.45. The van der Waals surface area contributed by atoms with Crippen LogP contribution in [0.2, 0.25) is 0 Å². The summed E-state index contributed by atoms with van der Waals surface area (Å²) in [6.45, 7) is 1.93. The van der Waals surface area contributed by atoms with E-state index in [1.807, 2.05) is 12.3 Å². The molecule has 0 amide bonds. The molecule has 0 unspecified atom stereocenters. The minimum Gasteiger partial charge on any atom is -0.478 e. The van der Waals surface area contributed by atoms with Gasteiger partial charge in [-0.05, 0) is 13.0 Å². The number of carboxylic acids is 1. The number of carbonyl (C=O) groups is 1. The molecule has 0 aliphatic carbocycles. The monoisotopic (exact) mass is 255 g/mol. The molecule has 0 aliphatic heterocycles. The normalized spacial score (nSPS) is 10.6. The van der Waals surface area contributed by atoms with Crippen LogP contribution in [0.25, 0.3) is 0 Å². The quantitative estimate of drug-likeness (QED) is 0.851. The van der Waals surface area contributed by atoms with Crippen LogP contribution in [0, 0.1) is 6.92 Å². The summed E-state index contributed by atoms with van der Waals surface area (Å²) in [4.78, 5) is 15.1. The third-order valence-electron chi connectivity index (χ3n) is 1.90. The molecule has 0 bridgehead atoms. The highest BCUT2D eigenvalue weighted by Gasteiger charge is 2.13. The third-order valence-corrected chi connectivity index (χ3v) is 4.04. The smallest absolute Gasteiger partial charge is 0.339 e. The lowest BCUT2D eigenvalue weighted by molar-refractivity contribution is 0.0695. The van der Waals surface area contributed by atoms with Crippen molar-refractivity contribution < 1.29 is 14.3 Å². The zero-order chi connectivity index (χ0) is 11.5. The fourth-order valence-corrected chi connectivity index (χ4v) is 2.97. The van der Waals surface area contributed by atoms with Crippen molar-refractivity contribution in [3.8, 4) is 0 Å². The predicted molar refractivity (Wildman–Crippen MR) is 62.1 cm³/mol. The first kappa shape index (κ1) is 11.2. The molecule has 6 heteroatoms. The van der Waals surface area contributed by atoms with Gasteiger partial charge in [-0.2, -0.15) is 0 Å². The summed E-state index contributed by atoms with van der Waals surface area (Å²) in [5.74, 6) is 0.00622. The molecule has 0 aromatic carbocycles. The Morgan fingerprint density at radius 3 is 3.12 bits per heavy atom. The van der Waals surface area contributed by atoms with Crippen LogP contribution in [-0.4, -0.2) is 16.1 Å². The molecule has 0 radical (unpaired) electrons. The van der Waals surface area contributed by atoms with E-state index in [-0.39, 0.29) is 5.56 Å². The largest absolute Gasteiger partial charge is 0.478 e. The number of aryl methyl sites for hydroxylation is 1. The van der Waals surface area contributed by atoms with Crippen LogP contribution in [0.5, 0.6) is 0 Å². The van der Waals surface area contributed by atoms with E-state index in [0.29, 0.717) is 11.5 Å². The fraction of sp³-hybridized carbons (Fsp3) is 0.200. The number of carboxylic acid groups (broad SMARTS) is 1. The van der Waals surface area contributed by atoms with Gasteiger partial charge in [0, 0.05) is 11.1 Å². The number of rotatable bonds is 4. The highest BCUT2D eigenvalue weighted by molar-refractivity contribution is 8.00. The SMILES string of the molecule is Cc1csc(SCc2occc2C(=O)O)n1. The molecule has 2 aromatic heterocycles. The number of hydrogen-bond acceptors (Lipinski definition) is 5. The van der Waals surface area contributed by atoms with Crippen LogP contribution in [0.15, 0.2) is 26.5 Å². The molecule has 2 aromatic rings. The number of nitrogens with zero attached hydrogens (tertiary/aromatic N) is 1. The summed E-state index contributed by atoms with van der Waals surface area (Å²) in [5, 5.41) is 10.8. The molecule has 0 atom stereocenters. The Labute approximate surface area is 100 Å². The van der Waals surface area contributed by atoms with Gasteiger partial charge >= 0.3 is 5.97 Å². The van der Waals surface area contributed by atoms with Crippen LogP contribution >= 0.6 is 23.1 Å². The molecule has 2 heterocycles. The first-order chi connectivity index (χ1) is 7.66. The second-order valence-electron chi connectivity index (χ2n) is 3.11. The lowest BCUT2D eigenvalue weighted by atomic mass is 10.3. The van der Waals surface area contributed by atoms with Crippen molar-refractivity contribution in [1.29, 1.82) is 0 Å². The number of aromatic nitrogens is 1. The van der Waals surface area contributed by atoms with E-state index in [1.54, 1.807) is 11.3 Å². The zero-order valence-corrected chi connectivity index (χ0v) is 10.1. The van der Waals surface area contributed by atoms with Gasteiger partial charge in [-0.25, -0.2) is 9.78 Å². The Morgan fingerprint density at radius 2 is 2.50 bits per heavy atom. The molecular formula is C10H9NO3S2. The zero-order valence-electron chi connectivity index (χ0n) is 8.47. The van der Waals surface area contributed by atoms with Crippen LogP contribution in [0.3, 0.4) is 0 Å². The second kappa shape index (κ2) is 4.71. The Kier molecular flexibility index (Phi) is 3.31. The van der Waals surface area contributed by atoms with Gasteiger partial charge in [0.1, 0.15) is 11.3 Å². The summed E-state index contributed by atoms with van der Waals surface area (Å²) in [5.41, 5.74) is 1.20. The van der Waals surface area contributed by atoms with Gasteiger partial charge in [0.2, 0.25) is 0 Å². The number of thiazole rings is 1. The topological polar surface area (TPSA) is 63.3 Å². The summed E-state index contributed by atoms with van der Waals surface area (Å²) in [6, 6.07) is 1.46. The Hall–Kier alpha value is -1.27. The number of thioether (sulfide) groups is 1. The van der Waals surface area contributed by atoms with Crippen LogP contribution < -0.4 is 0 Å². The van der Waals surface area contributed by atoms with Gasteiger partial charge in [0.05, 0.1) is 12.0 Å². The predicted octanol–water partition coefficient (Wildman–Crippen LogP) is 3.04. The highest BCUT2D eigenvalue weighted by atomic mass is 32.2. The van der Waals surface area contributed by atoms with Crippen molar-refractivity contribution >= 4 is 29.1 Å². The summed E-state index contributed by atoms with van der Waals surface area (Å²) < 4.78 is 6.05. The lowest BCUT2D eigenvalue weighted by Crippen LogP contribution is -1.97. The van der Waals surface area contributed by atoms with Gasteiger partial charge in [-0.1, -0.05) is 11.8 Å². The fourth-order valence-electron chi connectivity index (χ4n) is 1.17. The molecular weight excluding hydrogens is 246 g/mol. The first-order valence-electron chi connectivity index (χ1n) is 4.51. The molecule has 0 fully saturated rings. The molecule has 84 valence electrons. The molecule has 1 N–H and O–H groups in total. The standard InChI is InChI=1S/C10H9NO3S2/c1-6-4-15-10(11-6)16-5-8-7(9(12)13)2-3-14-8/h2-4H,5H2,1H3,(H,12,13). The highest BCUT2D eigenvalue weighted by Crippen LogP contribution is 2.27. The van der Waals surface area contributed by atoms with E-state index in [2.05, 4.69) is 4.98 Å². The molecule has 0 saturated heterocycles.